The number of halogens is 4. The normalized spacial score (nSPS) is 15.2. The van der Waals surface area contributed by atoms with Gasteiger partial charge < -0.3 is 9.80 Å². The van der Waals surface area contributed by atoms with Crippen molar-refractivity contribution in [3.05, 3.63) is 99.0 Å². The van der Waals surface area contributed by atoms with Gasteiger partial charge in [0.15, 0.2) is 11.6 Å². The van der Waals surface area contributed by atoms with Crippen LogP contribution in [0.15, 0.2) is 60.7 Å². The summed E-state index contributed by atoms with van der Waals surface area (Å²) in [6.45, 7) is 3.88. The minimum atomic E-state index is -1.05. The predicted molar refractivity (Wildman–Crippen MR) is 142 cm³/mol. The van der Waals surface area contributed by atoms with Gasteiger partial charge in [0, 0.05) is 57.8 Å². The van der Waals surface area contributed by atoms with Gasteiger partial charge in [-0.2, -0.15) is 0 Å². The number of fused-ring (bicyclic) bond motifs is 1. The van der Waals surface area contributed by atoms with E-state index in [1.807, 2.05) is 30.3 Å². The van der Waals surface area contributed by atoms with Crippen LogP contribution < -0.4 is 4.90 Å². The molecule has 0 spiro atoms. The van der Waals surface area contributed by atoms with Crippen molar-refractivity contribution in [2.45, 2.75) is 26.4 Å². The molecule has 0 saturated heterocycles. The van der Waals surface area contributed by atoms with E-state index < -0.39 is 11.6 Å². The number of benzene rings is 3. The first-order valence-corrected chi connectivity index (χ1v) is 12.7. The Labute approximate surface area is 225 Å². The molecule has 0 N–H and O–H groups in total. The lowest BCUT2D eigenvalue weighted by molar-refractivity contribution is -0.116. The van der Waals surface area contributed by atoms with Gasteiger partial charge in [0.05, 0.1) is 15.7 Å². The van der Waals surface area contributed by atoms with Crippen LogP contribution in [-0.2, 0) is 17.9 Å². The number of carbonyl (C=O) groups is 2. The Hall–Kier alpha value is -3.00. The lowest BCUT2D eigenvalue weighted by atomic mass is 10.1. The molecule has 1 aliphatic rings. The molecule has 0 atom stereocenters. The number of hydrogen-bond donors (Lipinski definition) is 0. The van der Waals surface area contributed by atoms with E-state index in [9.17, 15) is 18.4 Å². The Morgan fingerprint density at radius 1 is 0.865 bits per heavy atom. The molecule has 2 amide bonds. The maximum Gasteiger partial charge on any atom is 0.254 e. The highest BCUT2D eigenvalue weighted by atomic mass is 35.5. The fraction of sp³-hybridized carbons (Fsp3) is 0.286. The van der Waals surface area contributed by atoms with Crippen LogP contribution in [-0.4, -0.2) is 47.8 Å². The summed E-state index contributed by atoms with van der Waals surface area (Å²) < 4.78 is 28.7. The number of hydrogen-bond acceptors (Lipinski definition) is 3. The zero-order valence-corrected chi connectivity index (χ0v) is 21.9. The van der Waals surface area contributed by atoms with Crippen molar-refractivity contribution in [1.29, 1.82) is 0 Å². The van der Waals surface area contributed by atoms with Crippen LogP contribution in [0, 0.1) is 11.6 Å². The van der Waals surface area contributed by atoms with Gasteiger partial charge in [-0.15, -0.1) is 0 Å². The Morgan fingerprint density at radius 3 is 2.30 bits per heavy atom. The lowest BCUT2D eigenvalue weighted by Gasteiger charge is -2.28. The number of nitrogens with zero attached hydrogens (tertiary/aromatic N) is 3. The molecule has 0 bridgehead atoms. The molecule has 3 aromatic rings. The number of carbonyl (C=O) groups excluding carboxylic acids is 2. The van der Waals surface area contributed by atoms with Crippen LogP contribution >= 0.6 is 23.2 Å². The van der Waals surface area contributed by atoms with Gasteiger partial charge in [0.1, 0.15) is 0 Å². The van der Waals surface area contributed by atoms with Crippen LogP contribution in [0.3, 0.4) is 0 Å². The van der Waals surface area contributed by atoms with E-state index in [0.717, 1.165) is 17.7 Å². The average Bonchev–Trinajstić information content (AvgIpc) is 2.90. The third-order valence-corrected chi connectivity index (χ3v) is 7.14. The molecular formula is C28H27Cl2F2N3O2. The van der Waals surface area contributed by atoms with Crippen molar-refractivity contribution >= 4 is 40.7 Å². The van der Waals surface area contributed by atoms with Crippen molar-refractivity contribution in [2.24, 2.45) is 0 Å². The first-order chi connectivity index (χ1) is 17.7. The van der Waals surface area contributed by atoms with Crippen molar-refractivity contribution < 1.29 is 18.4 Å². The van der Waals surface area contributed by atoms with Gasteiger partial charge in [-0.05, 0) is 41.8 Å². The van der Waals surface area contributed by atoms with Gasteiger partial charge in [-0.1, -0.05) is 53.5 Å². The minimum Gasteiger partial charge on any atom is -0.333 e. The SMILES string of the molecule is CC(=O)N1CCCN(Cc2ccccc2)CCN(C(=O)c2ccc(Cl)c(Cl)c2)Cc2cc(F)c(F)cc21. The van der Waals surface area contributed by atoms with E-state index in [2.05, 4.69) is 4.90 Å². The number of rotatable bonds is 3. The summed E-state index contributed by atoms with van der Waals surface area (Å²) in [4.78, 5) is 31.4. The van der Waals surface area contributed by atoms with Gasteiger partial charge in [-0.25, -0.2) is 8.78 Å². The molecule has 194 valence electrons. The van der Waals surface area contributed by atoms with Gasteiger partial charge in [0.2, 0.25) is 5.91 Å². The third-order valence-electron chi connectivity index (χ3n) is 6.40. The third kappa shape index (κ3) is 6.66. The fourth-order valence-corrected chi connectivity index (χ4v) is 4.80. The summed E-state index contributed by atoms with van der Waals surface area (Å²) in [5.41, 5.74) is 2.05. The fourth-order valence-electron chi connectivity index (χ4n) is 4.50. The molecule has 4 rings (SSSR count). The first-order valence-electron chi connectivity index (χ1n) is 12.0. The minimum absolute atomic E-state index is 0.0193. The van der Waals surface area contributed by atoms with Crippen LogP contribution in [0.5, 0.6) is 0 Å². The molecule has 0 saturated carbocycles. The highest BCUT2D eigenvalue weighted by Gasteiger charge is 2.25. The second-order valence-corrected chi connectivity index (χ2v) is 9.85. The Morgan fingerprint density at radius 2 is 1.59 bits per heavy atom. The molecule has 1 heterocycles. The molecule has 0 unspecified atom stereocenters. The van der Waals surface area contributed by atoms with Crippen molar-refractivity contribution in [3.63, 3.8) is 0 Å². The van der Waals surface area contributed by atoms with Crippen LogP contribution in [0.2, 0.25) is 10.0 Å². The van der Waals surface area contributed by atoms with E-state index in [1.165, 1.54) is 17.9 Å². The highest BCUT2D eigenvalue weighted by Crippen LogP contribution is 2.28. The van der Waals surface area contributed by atoms with Crippen molar-refractivity contribution in [1.82, 2.24) is 9.80 Å². The first kappa shape index (κ1) is 27.0. The summed E-state index contributed by atoms with van der Waals surface area (Å²) >= 11 is 12.2. The molecule has 3 aromatic carbocycles. The number of amides is 2. The summed E-state index contributed by atoms with van der Waals surface area (Å²) in [5.74, 6) is -2.70. The Balaban J connectivity index is 1.73. The zero-order valence-electron chi connectivity index (χ0n) is 20.4. The monoisotopic (exact) mass is 545 g/mol. The quantitative estimate of drug-likeness (QED) is 0.395. The summed E-state index contributed by atoms with van der Waals surface area (Å²) in [6.07, 6.45) is 0.617. The summed E-state index contributed by atoms with van der Waals surface area (Å²) in [5, 5.41) is 0.567. The van der Waals surface area contributed by atoms with E-state index >= 15 is 0 Å². The van der Waals surface area contributed by atoms with Gasteiger partial charge in [-0.3, -0.25) is 14.5 Å². The lowest BCUT2D eigenvalue weighted by Crippen LogP contribution is -2.38. The van der Waals surface area contributed by atoms with E-state index in [1.54, 1.807) is 17.0 Å². The van der Waals surface area contributed by atoms with Gasteiger partial charge in [0.25, 0.3) is 5.91 Å². The van der Waals surface area contributed by atoms with Crippen LogP contribution in [0.4, 0.5) is 14.5 Å². The highest BCUT2D eigenvalue weighted by molar-refractivity contribution is 6.42. The maximum absolute atomic E-state index is 14.4. The maximum atomic E-state index is 14.4. The molecular weight excluding hydrogens is 519 g/mol. The van der Waals surface area contributed by atoms with E-state index in [-0.39, 0.29) is 29.1 Å². The molecule has 37 heavy (non-hydrogen) atoms. The van der Waals surface area contributed by atoms with E-state index in [0.29, 0.717) is 55.3 Å². The molecule has 5 nitrogen and oxygen atoms in total. The zero-order chi connectivity index (χ0) is 26.5. The standard InChI is InChI=1S/C28H27Cl2F2N3O2/c1-19(36)35-11-5-10-33(17-20-6-3-2-4-7-20)12-13-34(18-22-15-25(31)26(32)16-27(22)35)28(37)21-8-9-23(29)24(30)14-21/h2-4,6-9,14-16H,5,10-13,17-18H2,1H3. The molecule has 0 radical (unpaired) electrons. The summed E-state index contributed by atoms with van der Waals surface area (Å²) in [6, 6.07) is 16.7. The molecule has 0 aromatic heterocycles. The molecule has 0 fully saturated rings. The van der Waals surface area contributed by atoms with Gasteiger partial charge >= 0.3 is 0 Å². The summed E-state index contributed by atoms with van der Waals surface area (Å²) in [7, 11) is 0. The largest absolute Gasteiger partial charge is 0.333 e. The van der Waals surface area contributed by atoms with Crippen LogP contribution in [0.25, 0.3) is 0 Å². The Bertz CT molecular complexity index is 1290. The molecule has 0 aliphatic carbocycles. The second-order valence-electron chi connectivity index (χ2n) is 9.04. The van der Waals surface area contributed by atoms with Crippen LogP contribution in [0.1, 0.15) is 34.8 Å². The molecule has 9 heteroatoms. The average molecular weight is 546 g/mol. The molecule has 1 aliphatic heterocycles. The predicted octanol–water partition coefficient (Wildman–Crippen LogP) is 6.17. The van der Waals surface area contributed by atoms with Crippen molar-refractivity contribution in [3.8, 4) is 0 Å². The topological polar surface area (TPSA) is 43.9 Å². The van der Waals surface area contributed by atoms with E-state index in [4.69, 9.17) is 23.2 Å². The number of anilines is 1. The Kier molecular flexibility index (Phi) is 8.79. The van der Waals surface area contributed by atoms with Crippen molar-refractivity contribution in [2.75, 3.05) is 31.1 Å². The second kappa shape index (κ2) is 12.0. The smallest absolute Gasteiger partial charge is 0.254 e.